The van der Waals surface area contributed by atoms with Crippen LogP contribution in [0, 0.1) is 0 Å². The van der Waals surface area contributed by atoms with Gasteiger partial charge in [-0.1, -0.05) is 19.1 Å². The van der Waals surface area contributed by atoms with Crippen LogP contribution in [-0.4, -0.2) is 20.4 Å². The number of rotatable bonds is 6. The third-order valence-electron chi connectivity index (χ3n) is 3.46. The Bertz CT molecular complexity index is 799. The van der Waals surface area contributed by atoms with Gasteiger partial charge in [-0.25, -0.2) is 13.6 Å². The number of carbonyl (C=O) groups excluding carboxylic acids is 1. The maximum absolute atomic E-state index is 12.1. The van der Waals surface area contributed by atoms with Crippen LogP contribution in [0.4, 0.5) is 5.69 Å². The van der Waals surface area contributed by atoms with Gasteiger partial charge in [0.05, 0.1) is 4.90 Å². The van der Waals surface area contributed by atoms with Crippen molar-refractivity contribution in [2.45, 2.75) is 31.3 Å². The summed E-state index contributed by atoms with van der Waals surface area (Å²) in [6, 6.07) is 13.2. The van der Waals surface area contributed by atoms with E-state index in [0.717, 1.165) is 6.42 Å². The highest BCUT2D eigenvalue weighted by atomic mass is 32.2. The topological polar surface area (TPSA) is 98.5 Å². The number of primary sulfonamides is 1. The number of hydrogen-bond donors (Lipinski definition) is 2. The molecule has 0 bridgehead atoms. The second kappa shape index (κ2) is 7.46. The molecule has 0 saturated carbocycles. The number of nitrogens with one attached hydrogen (secondary N) is 1. The van der Waals surface area contributed by atoms with E-state index in [1.54, 1.807) is 6.92 Å². The van der Waals surface area contributed by atoms with Gasteiger partial charge in [0.25, 0.3) is 5.91 Å². The van der Waals surface area contributed by atoms with Crippen molar-refractivity contribution in [2.24, 2.45) is 5.14 Å². The predicted octanol–water partition coefficient (Wildman–Crippen LogP) is 2.30. The first-order chi connectivity index (χ1) is 11.3. The van der Waals surface area contributed by atoms with Crippen LogP contribution in [0.2, 0.25) is 0 Å². The van der Waals surface area contributed by atoms with Crippen molar-refractivity contribution in [3.8, 4) is 5.75 Å². The maximum Gasteiger partial charge on any atom is 0.265 e. The van der Waals surface area contributed by atoms with Crippen LogP contribution in [0.5, 0.6) is 5.75 Å². The van der Waals surface area contributed by atoms with Gasteiger partial charge >= 0.3 is 0 Å². The molecule has 128 valence electrons. The summed E-state index contributed by atoms with van der Waals surface area (Å²) in [5.41, 5.74) is 1.65. The predicted molar refractivity (Wildman–Crippen MR) is 92.4 cm³/mol. The van der Waals surface area contributed by atoms with Gasteiger partial charge in [-0.3, -0.25) is 4.79 Å². The molecule has 24 heavy (non-hydrogen) atoms. The zero-order valence-corrected chi connectivity index (χ0v) is 14.3. The van der Waals surface area contributed by atoms with E-state index in [2.05, 4.69) is 12.2 Å². The number of aryl methyl sites for hydroxylation is 1. The average molecular weight is 348 g/mol. The minimum atomic E-state index is -3.75. The van der Waals surface area contributed by atoms with E-state index < -0.39 is 16.1 Å². The summed E-state index contributed by atoms with van der Waals surface area (Å²) in [7, 11) is -3.75. The molecular weight excluding hydrogens is 328 g/mol. The lowest BCUT2D eigenvalue weighted by atomic mass is 10.2. The molecule has 0 aliphatic heterocycles. The summed E-state index contributed by atoms with van der Waals surface area (Å²) < 4.78 is 28.0. The van der Waals surface area contributed by atoms with E-state index in [-0.39, 0.29) is 10.8 Å². The largest absolute Gasteiger partial charge is 0.481 e. The summed E-state index contributed by atoms with van der Waals surface area (Å²) in [5, 5.41) is 7.69. The lowest BCUT2D eigenvalue weighted by molar-refractivity contribution is -0.122. The molecule has 0 radical (unpaired) electrons. The third-order valence-corrected chi connectivity index (χ3v) is 4.39. The molecule has 1 amide bonds. The Labute approximate surface area is 141 Å². The van der Waals surface area contributed by atoms with Crippen molar-refractivity contribution in [3.63, 3.8) is 0 Å². The van der Waals surface area contributed by atoms with Gasteiger partial charge in [0.2, 0.25) is 10.0 Å². The molecule has 0 heterocycles. The highest BCUT2D eigenvalue weighted by Gasteiger charge is 2.15. The monoisotopic (exact) mass is 348 g/mol. The van der Waals surface area contributed by atoms with E-state index in [1.165, 1.54) is 29.8 Å². The molecule has 1 atom stereocenters. The molecule has 2 aromatic carbocycles. The van der Waals surface area contributed by atoms with Gasteiger partial charge in [-0.05, 0) is 55.3 Å². The van der Waals surface area contributed by atoms with Gasteiger partial charge in [-0.15, -0.1) is 0 Å². The molecule has 2 rings (SSSR count). The van der Waals surface area contributed by atoms with Crippen LogP contribution in [-0.2, 0) is 21.2 Å². The van der Waals surface area contributed by atoms with Crippen LogP contribution in [0.25, 0.3) is 0 Å². The molecule has 6 nitrogen and oxygen atoms in total. The molecule has 0 aliphatic carbocycles. The number of hydrogen-bond acceptors (Lipinski definition) is 4. The molecule has 2 aromatic rings. The minimum Gasteiger partial charge on any atom is -0.481 e. The summed E-state index contributed by atoms with van der Waals surface area (Å²) in [6.45, 7) is 3.70. The van der Waals surface area contributed by atoms with Crippen molar-refractivity contribution < 1.29 is 17.9 Å². The first-order valence-electron chi connectivity index (χ1n) is 7.49. The van der Waals surface area contributed by atoms with Crippen LogP contribution in [0.1, 0.15) is 19.4 Å². The van der Waals surface area contributed by atoms with Crippen LogP contribution < -0.4 is 15.2 Å². The first-order valence-corrected chi connectivity index (χ1v) is 9.03. The van der Waals surface area contributed by atoms with E-state index in [9.17, 15) is 13.2 Å². The number of ether oxygens (including phenoxy) is 1. The molecular formula is C17H20N2O4S. The Hall–Kier alpha value is -2.38. The second-order valence-corrected chi connectivity index (χ2v) is 6.88. The Kier molecular flexibility index (Phi) is 5.58. The minimum absolute atomic E-state index is 0.0131. The SMILES string of the molecule is CCc1ccc(O[C@@H](C)C(=O)Nc2ccc(S(N)(=O)=O)cc2)cc1. The fraction of sp³-hybridized carbons (Fsp3) is 0.235. The van der Waals surface area contributed by atoms with Crippen molar-refractivity contribution in [1.29, 1.82) is 0 Å². The molecule has 3 N–H and O–H groups in total. The number of benzene rings is 2. The highest BCUT2D eigenvalue weighted by Crippen LogP contribution is 2.16. The molecule has 0 unspecified atom stereocenters. The van der Waals surface area contributed by atoms with Crippen molar-refractivity contribution in [1.82, 2.24) is 0 Å². The average Bonchev–Trinajstić information content (AvgIpc) is 2.55. The summed E-state index contributed by atoms with van der Waals surface area (Å²) in [5.74, 6) is 0.275. The first kappa shape index (κ1) is 18.0. The number of nitrogens with two attached hydrogens (primary N) is 1. The molecule has 0 aromatic heterocycles. The van der Waals surface area contributed by atoms with Gasteiger partial charge in [0, 0.05) is 5.69 Å². The van der Waals surface area contributed by atoms with Crippen molar-refractivity contribution in [2.75, 3.05) is 5.32 Å². The number of carbonyl (C=O) groups is 1. The number of anilines is 1. The summed E-state index contributed by atoms with van der Waals surface area (Å²) in [4.78, 5) is 12.1. The van der Waals surface area contributed by atoms with Gasteiger partial charge in [0.1, 0.15) is 5.75 Å². The normalized spacial score (nSPS) is 12.5. The zero-order valence-electron chi connectivity index (χ0n) is 13.5. The fourth-order valence-electron chi connectivity index (χ4n) is 2.03. The van der Waals surface area contributed by atoms with Crippen molar-refractivity contribution in [3.05, 3.63) is 54.1 Å². The van der Waals surface area contributed by atoms with Gasteiger partial charge in [0.15, 0.2) is 6.10 Å². The van der Waals surface area contributed by atoms with E-state index in [4.69, 9.17) is 9.88 Å². The molecule has 0 spiro atoms. The van der Waals surface area contributed by atoms with E-state index in [0.29, 0.717) is 11.4 Å². The standard InChI is InChI=1S/C17H20N2O4S/c1-3-13-4-8-15(9-5-13)23-12(2)17(20)19-14-6-10-16(11-7-14)24(18,21)22/h4-12H,3H2,1-2H3,(H,19,20)(H2,18,21,22)/t12-/m0/s1. The lowest BCUT2D eigenvalue weighted by Crippen LogP contribution is -2.30. The van der Waals surface area contributed by atoms with Crippen LogP contribution in [0.15, 0.2) is 53.4 Å². The quantitative estimate of drug-likeness (QED) is 0.837. The Morgan fingerprint density at radius 1 is 1.12 bits per heavy atom. The van der Waals surface area contributed by atoms with E-state index >= 15 is 0 Å². The maximum atomic E-state index is 12.1. The fourth-order valence-corrected chi connectivity index (χ4v) is 2.55. The summed E-state index contributed by atoms with van der Waals surface area (Å²) >= 11 is 0. The van der Waals surface area contributed by atoms with Gasteiger partial charge < -0.3 is 10.1 Å². The third kappa shape index (κ3) is 4.81. The van der Waals surface area contributed by atoms with Crippen LogP contribution >= 0.6 is 0 Å². The van der Waals surface area contributed by atoms with Crippen LogP contribution in [0.3, 0.4) is 0 Å². The Morgan fingerprint density at radius 3 is 2.21 bits per heavy atom. The zero-order chi connectivity index (χ0) is 17.7. The molecule has 0 fully saturated rings. The van der Waals surface area contributed by atoms with Crippen molar-refractivity contribution >= 4 is 21.6 Å². The smallest absolute Gasteiger partial charge is 0.265 e. The number of amides is 1. The summed E-state index contributed by atoms with van der Waals surface area (Å²) in [6.07, 6.45) is 0.237. The highest BCUT2D eigenvalue weighted by molar-refractivity contribution is 7.89. The number of sulfonamides is 1. The second-order valence-electron chi connectivity index (χ2n) is 5.32. The molecule has 7 heteroatoms. The van der Waals surface area contributed by atoms with E-state index in [1.807, 2.05) is 24.3 Å². The molecule has 0 aliphatic rings. The lowest BCUT2D eigenvalue weighted by Gasteiger charge is -2.15. The van der Waals surface area contributed by atoms with Gasteiger partial charge in [-0.2, -0.15) is 0 Å². The molecule has 0 saturated heterocycles. The Morgan fingerprint density at radius 2 is 1.71 bits per heavy atom. The Balaban J connectivity index is 1.98.